The topological polar surface area (TPSA) is 93.9 Å². The van der Waals surface area contributed by atoms with E-state index >= 15 is 0 Å². The molecule has 1 amide bonds. The lowest BCUT2D eigenvalue weighted by Gasteiger charge is -2.45. The molecule has 1 unspecified atom stereocenters. The summed E-state index contributed by atoms with van der Waals surface area (Å²) in [5, 5.41) is 13.7. The van der Waals surface area contributed by atoms with Crippen molar-refractivity contribution in [2.45, 2.75) is 50.4 Å². The zero-order chi connectivity index (χ0) is 27.8. The van der Waals surface area contributed by atoms with Gasteiger partial charge in [0.25, 0.3) is 0 Å². The minimum absolute atomic E-state index is 0.124. The van der Waals surface area contributed by atoms with Crippen molar-refractivity contribution in [1.29, 1.82) is 0 Å². The molecular formula is C26H33F3N6O3S. The smallest absolute Gasteiger partial charge is 0.416 e. The second-order valence-electron chi connectivity index (χ2n) is 10.6. The first-order valence-electron chi connectivity index (χ1n) is 13.2. The SMILES string of the molecule is CSNc1ccn(C(=O)N2CCC3(CCCN3Cc3ccc(C(F)(F)F)cc3N3CCC(C(=O)O)C3)CC2)n1. The molecule has 13 heteroatoms. The van der Waals surface area contributed by atoms with Crippen LogP contribution in [0.25, 0.3) is 0 Å². The number of hydrogen-bond donors (Lipinski definition) is 2. The Morgan fingerprint density at radius 2 is 1.92 bits per heavy atom. The number of anilines is 2. The van der Waals surface area contributed by atoms with E-state index in [9.17, 15) is 27.9 Å². The lowest BCUT2D eigenvalue weighted by atomic mass is 9.84. The largest absolute Gasteiger partial charge is 0.481 e. The van der Waals surface area contributed by atoms with Crippen molar-refractivity contribution in [2.75, 3.05) is 48.6 Å². The van der Waals surface area contributed by atoms with Gasteiger partial charge in [-0.15, -0.1) is 5.10 Å². The molecule has 0 bridgehead atoms. The van der Waals surface area contributed by atoms with E-state index in [1.165, 1.54) is 22.7 Å². The summed E-state index contributed by atoms with van der Waals surface area (Å²) in [7, 11) is 0. The lowest BCUT2D eigenvalue weighted by molar-refractivity contribution is -0.141. The summed E-state index contributed by atoms with van der Waals surface area (Å²) >= 11 is 1.40. The normalized spacial score (nSPS) is 21.6. The standard InChI is InChI=1S/C26H33F3N6O3S/c1-39-31-22-6-12-35(30-22)24(38)32-13-8-25(9-14-32)7-2-10-34(25)17-18-3-4-20(26(27,28)29)15-21(18)33-11-5-19(16-33)23(36)37/h3-4,6,12,15,19H,2,5,7-11,13-14,16-17H2,1H3,(H,30,31)(H,36,37). The quantitative estimate of drug-likeness (QED) is 0.490. The van der Waals surface area contributed by atoms with Gasteiger partial charge in [-0.25, -0.2) is 4.79 Å². The first kappa shape index (κ1) is 27.6. The number of hydrogen-bond acceptors (Lipinski definition) is 7. The highest BCUT2D eigenvalue weighted by Crippen LogP contribution is 2.42. The van der Waals surface area contributed by atoms with E-state index in [0.29, 0.717) is 44.1 Å². The molecule has 0 aliphatic carbocycles. The molecule has 3 aliphatic rings. The third kappa shape index (κ3) is 5.69. The Bertz CT molecular complexity index is 1210. The van der Waals surface area contributed by atoms with Crippen molar-refractivity contribution in [3.63, 3.8) is 0 Å². The highest BCUT2D eigenvalue weighted by molar-refractivity contribution is 7.99. The molecule has 39 heavy (non-hydrogen) atoms. The molecule has 1 atom stereocenters. The number of carboxylic acids is 1. The van der Waals surface area contributed by atoms with E-state index in [0.717, 1.165) is 43.9 Å². The van der Waals surface area contributed by atoms with Gasteiger partial charge < -0.3 is 19.6 Å². The number of likely N-dealkylation sites (tertiary alicyclic amines) is 2. The monoisotopic (exact) mass is 566 g/mol. The van der Waals surface area contributed by atoms with Crippen molar-refractivity contribution in [3.8, 4) is 0 Å². The summed E-state index contributed by atoms with van der Waals surface area (Å²) in [6, 6.07) is 5.43. The van der Waals surface area contributed by atoms with Gasteiger partial charge in [0.2, 0.25) is 0 Å². The van der Waals surface area contributed by atoms with Gasteiger partial charge in [0.05, 0.1) is 11.5 Å². The highest BCUT2D eigenvalue weighted by atomic mass is 32.2. The summed E-state index contributed by atoms with van der Waals surface area (Å²) < 4.78 is 45.1. The van der Waals surface area contributed by atoms with Crippen molar-refractivity contribution in [1.82, 2.24) is 19.6 Å². The van der Waals surface area contributed by atoms with E-state index in [1.54, 1.807) is 28.1 Å². The number of piperidine rings is 1. The maximum Gasteiger partial charge on any atom is 0.416 e. The maximum atomic E-state index is 13.6. The van der Waals surface area contributed by atoms with Crippen molar-refractivity contribution in [2.24, 2.45) is 5.92 Å². The molecule has 3 saturated heterocycles. The molecule has 212 valence electrons. The molecular weight excluding hydrogens is 533 g/mol. The molecule has 2 aromatic rings. The third-order valence-corrected chi connectivity index (χ3v) is 8.76. The fraction of sp³-hybridized carbons (Fsp3) is 0.577. The Labute approximate surface area is 229 Å². The molecule has 9 nitrogen and oxygen atoms in total. The summed E-state index contributed by atoms with van der Waals surface area (Å²) in [4.78, 5) is 30.5. The first-order chi connectivity index (χ1) is 18.6. The minimum atomic E-state index is -4.48. The van der Waals surface area contributed by atoms with Gasteiger partial charge in [0.1, 0.15) is 0 Å². The van der Waals surface area contributed by atoms with Gasteiger partial charge >= 0.3 is 18.2 Å². The van der Waals surface area contributed by atoms with Crippen LogP contribution in [-0.2, 0) is 17.5 Å². The fourth-order valence-electron chi connectivity index (χ4n) is 6.21. The van der Waals surface area contributed by atoms with Crippen LogP contribution in [0.5, 0.6) is 0 Å². The average Bonchev–Trinajstić information content (AvgIpc) is 3.65. The molecule has 1 spiro atoms. The number of nitrogens with zero attached hydrogens (tertiary/aromatic N) is 5. The number of alkyl halides is 3. The molecule has 1 aromatic carbocycles. The number of aliphatic carboxylic acids is 1. The van der Waals surface area contributed by atoms with Crippen LogP contribution in [0.3, 0.4) is 0 Å². The molecule has 4 heterocycles. The van der Waals surface area contributed by atoms with Crippen LogP contribution in [-0.4, -0.2) is 81.2 Å². The summed E-state index contributed by atoms with van der Waals surface area (Å²) in [6.07, 6.45) is 2.96. The van der Waals surface area contributed by atoms with Crippen molar-refractivity contribution in [3.05, 3.63) is 41.6 Å². The second kappa shape index (κ2) is 10.9. The number of amides is 1. The lowest BCUT2D eigenvalue weighted by Crippen LogP contribution is -2.53. The predicted molar refractivity (Wildman–Crippen MR) is 143 cm³/mol. The van der Waals surface area contributed by atoms with Crippen molar-refractivity contribution < 1.29 is 27.9 Å². The number of carboxylic acid groups (broad SMARTS) is 1. The van der Waals surface area contributed by atoms with E-state index in [2.05, 4.69) is 14.7 Å². The second-order valence-corrected chi connectivity index (χ2v) is 11.2. The number of carbonyl (C=O) groups is 2. The van der Waals surface area contributed by atoms with Crippen LogP contribution < -0.4 is 9.62 Å². The van der Waals surface area contributed by atoms with Gasteiger partial charge in [-0.05, 0) is 56.3 Å². The Morgan fingerprint density at radius 1 is 1.15 bits per heavy atom. The average molecular weight is 567 g/mol. The molecule has 3 fully saturated rings. The van der Waals surface area contributed by atoms with Gasteiger partial charge in [-0.3, -0.25) is 9.69 Å². The zero-order valence-electron chi connectivity index (χ0n) is 21.8. The summed E-state index contributed by atoms with van der Waals surface area (Å²) in [5.41, 5.74) is 0.398. The molecule has 0 saturated carbocycles. The number of benzene rings is 1. The van der Waals surface area contributed by atoms with Crippen LogP contribution >= 0.6 is 11.9 Å². The number of carbonyl (C=O) groups excluding carboxylic acids is 1. The molecule has 0 radical (unpaired) electrons. The number of rotatable bonds is 6. The Balaban J connectivity index is 1.31. The summed E-state index contributed by atoms with van der Waals surface area (Å²) in [6.45, 7) is 3.08. The first-order valence-corrected chi connectivity index (χ1v) is 14.4. The van der Waals surface area contributed by atoms with Crippen LogP contribution in [0.4, 0.5) is 29.5 Å². The van der Waals surface area contributed by atoms with E-state index < -0.39 is 23.6 Å². The maximum absolute atomic E-state index is 13.6. The van der Waals surface area contributed by atoms with Gasteiger partial charge in [0, 0.05) is 62.5 Å². The fourth-order valence-corrected chi connectivity index (χ4v) is 6.53. The van der Waals surface area contributed by atoms with Gasteiger partial charge in [0.15, 0.2) is 5.82 Å². The molecule has 3 aliphatic heterocycles. The van der Waals surface area contributed by atoms with E-state index in [-0.39, 0.29) is 18.1 Å². The molecule has 1 aromatic heterocycles. The number of nitrogens with one attached hydrogen (secondary N) is 1. The van der Waals surface area contributed by atoms with E-state index in [1.807, 2.05) is 6.26 Å². The Kier molecular flexibility index (Phi) is 7.73. The van der Waals surface area contributed by atoms with Crippen LogP contribution in [0.1, 0.15) is 43.2 Å². The number of aromatic nitrogens is 2. The van der Waals surface area contributed by atoms with Gasteiger partial charge in [-0.1, -0.05) is 18.0 Å². The number of halogens is 3. The zero-order valence-corrected chi connectivity index (χ0v) is 22.6. The van der Waals surface area contributed by atoms with Crippen LogP contribution in [0, 0.1) is 5.92 Å². The van der Waals surface area contributed by atoms with Crippen LogP contribution in [0.2, 0.25) is 0 Å². The molecule has 2 N–H and O–H groups in total. The third-order valence-electron chi connectivity index (χ3n) is 8.35. The van der Waals surface area contributed by atoms with Gasteiger partial charge in [-0.2, -0.15) is 17.9 Å². The summed E-state index contributed by atoms with van der Waals surface area (Å²) in [5.74, 6) is -0.890. The van der Waals surface area contributed by atoms with E-state index in [4.69, 9.17) is 0 Å². The minimum Gasteiger partial charge on any atom is -0.481 e. The van der Waals surface area contributed by atoms with Crippen molar-refractivity contribution >= 4 is 35.5 Å². The highest BCUT2D eigenvalue weighted by Gasteiger charge is 2.44. The Morgan fingerprint density at radius 3 is 2.59 bits per heavy atom. The Hall–Kier alpha value is -2.93. The predicted octanol–water partition coefficient (Wildman–Crippen LogP) is 4.60. The van der Waals surface area contributed by atoms with Crippen LogP contribution in [0.15, 0.2) is 30.5 Å². The molecule has 5 rings (SSSR count).